The predicted octanol–water partition coefficient (Wildman–Crippen LogP) is 2.23. The van der Waals surface area contributed by atoms with E-state index in [4.69, 9.17) is 0 Å². The molecule has 0 spiro atoms. The summed E-state index contributed by atoms with van der Waals surface area (Å²) in [6, 6.07) is -0.468. The molecular weight excluding hydrogens is 354 g/mol. The minimum absolute atomic E-state index is 0.0942. The molecule has 2 aromatic heterocycles. The zero-order valence-electron chi connectivity index (χ0n) is 15.7. The quantitative estimate of drug-likeness (QED) is 0.768. The second-order valence-electron chi connectivity index (χ2n) is 6.96. The van der Waals surface area contributed by atoms with Crippen molar-refractivity contribution < 1.29 is 14.7 Å². The molecule has 2 amide bonds. The average molecular weight is 379 g/mol. The lowest BCUT2D eigenvalue weighted by Crippen LogP contribution is -2.56. The van der Waals surface area contributed by atoms with E-state index in [0.29, 0.717) is 18.2 Å². The normalized spacial score (nSPS) is 13.5. The van der Waals surface area contributed by atoms with E-state index in [1.165, 1.54) is 11.8 Å². The highest BCUT2D eigenvalue weighted by Crippen LogP contribution is 2.20. The van der Waals surface area contributed by atoms with Gasteiger partial charge in [0.15, 0.2) is 0 Å². The molecule has 1 atom stereocenters. The summed E-state index contributed by atoms with van der Waals surface area (Å²) in [5, 5.41) is 15.2. The van der Waals surface area contributed by atoms with Gasteiger partial charge in [0.2, 0.25) is 0 Å². The van der Waals surface area contributed by atoms with Gasteiger partial charge in [-0.1, -0.05) is 13.8 Å². The summed E-state index contributed by atoms with van der Waals surface area (Å²) >= 11 is 1.56. The molecule has 2 rings (SSSR count). The van der Waals surface area contributed by atoms with Crippen LogP contribution < -0.4 is 5.32 Å². The van der Waals surface area contributed by atoms with E-state index in [2.05, 4.69) is 29.1 Å². The van der Waals surface area contributed by atoms with Gasteiger partial charge in [-0.3, -0.25) is 0 Å². The molecule has 2 heterocycles. The van der Waals surface area contributed by atoms with Crippen LogP contribution in [0.2, 0.25) is 0 Å². The van der Waals surface area contributed by atoms with E-state index in [-0.39, 0.29) is 6.42 Å². The third-order valence-electron chi connectivity index (χ3n) is 3.96. The van der Waals surface area contributed by atoms with E-state index < -0.39 is 17.5 Å². The summed E-state index contributed by atoms with van der Waals surface area (Å²) in [6.45, 7) is 5.92. The van der Waals surface area contributed by atoms with Crippen molar-refractivity contribution in [3.05, 3.63) is 34.3 Å². The molecule has 0 aromatic carbocycles. The fourth-order valence-corrected chi connectivity index (χ4v) is 3.23. The van der Waals surface area contributed by atoms with Crippen LogP contribution in [-0.4, -0.2) is 49.1 Å². The van der Waals surface area contributed by atoms with E-state index in [9.17, 15) is 14.7 Å². The molecule has 0 bridgehead atoms. The van der Waals surface area contributed by atoms with Crippen LogP contribution in [0.3, 0.4) is 0 Å². The van der Waals surface area contributed by atoms with Gasteiger partial charge in [-0.2, -0.15) is 0 Å². The number of urea groups is 1. The number of hydrogen-bond acceptors (Lipinski definition) is 5. The number of carbonyl (C=O) groups is 2. The second-order valence-corrected chi connectivity index (χ2v) is 7.85. The van der Waals surface area contributed by atoms with E-state index in [1.807, 2.05) is 5.38 Å². The number of nitrogens with zero attached hydrogens (tertiary/aromatic N) is 4. The van der Waals surface area contributed by atoms with Gasteiger partial charge < -0.3 is 19.9 Å². The lowest BCUT2D eigenvalue weighted by Gasteiger charge is -2.28. The highest BCUT2D eigenvalue weighted by molar-refractivity contribution is 7.09. The molecule has 2 N–H and O–H groups in total. The highest BCUT2D eigenvalue weighted by atomic mass is 32.1. The van der Waals surface area contributed by atoms with Crippen molar-refractivity contribution >= 4 is 23.3 Å². The van der Waals surface area contributed by atoms with Crippen molar-refractivity contribution in [3.63, 3.8) is 0 Å². The number of rotatable bonds is 7. The third-order valence-corrected chi connectivity index (χ3v) is 5.15. The van der Waals surface area contributed by atoms with Crippen LogP contribution in [-0.2, 0) is 24.8 Å². The van der Waals surface area contributed by atoms with Gasteiger partial charge in [-0.25, -0.2) is 19.6 Å². The van der Waals surface area contributed by atoms with Crippen LogP contribution in [0.15, 0.2) is 17.9 Å². The number of imidazole rings is 1. The lowest BCUT2D eigenvalue weighted by atomic mass is 9.96. The Morgan fingerprint density at radius 3 is 2.62 bits per heavy atom. The first-order valence-electron chi connectivity index (χ1n) is 8.28. The molecular formula is C17H25N5O3S. The minimum Gasteiger partial charge on any atom is -0.480 e. The van der Waals surface area contributed by atoms with Gasteiger partial charge in [0.25, 0.3) is 0 Å². The Labute approximate surface area is 156 Å². The largest absolute Gasteiger partial charge is 0.480 e. The van der Waals surface area contributed by atoms with Gasteiger partial charge in [-0.05, 0) is 6.92 Å². The first-order valence-corrected chi connectivity index (χ1v) is 9.16. The maximum Gasteiger partial charge on any atom is 0.329 e. The zero-order chi connectivity index (χ0) is 19.5. The number of carboxylic acid groups (broad SMARTS) is 1. The van der Waals surface area contributed by atoms with Gasteiger partial charge >= 0.3 is 12.0 Å². The first kappa shape index (κ1) is 19.9. The summed E-state index contributed by atoms with van der Waals surface area (Å²) in [5.41, 5.74) is -0.0651. The van der Waals surface area contributed by atoms with Gasteiger partial charge in [0.1, 0.15) is 5.54 Å². The standard InChI is InChI=1S/C17H25N5O3S/c1-11(2)14-19-13(9-26-14)8-22(5)16(25)20-17(3,15(23)24)6-12-7-21(4)10-18-12/h7,9-11H,6,8H2,1-5H3,(H,20,25)(H,23,24). The summed E-state index contributed by atoms with van der Waals surface area (Å²) < 4.78 is 1.74. The van der Waals surface area contributed by atoms with Crippen LogP contribution in [0.25, 0.3) is 0 Å². The first-order chi connectivity index (χ1) is 12.1. The molecule has 0 saturated carbocycles. The Bertz CT molecular complexity index is 785. The number of amides is 2. The van der Waals surface area contributed by atoms with Crippen LogP contribution >= 0.6 is 11.3 Å². The number of thiazole rings is 1. The summed E-state index contributed by atoms with van der Waals surface area (Å²) in [6.07, 6.45) is 3.43. The van der Waals surface area contributed by atoms with Gasteiger partial charge in [0, 0.05) is 38.0 Å². The molecule has 2 aromatic rings. The highest BCUT2D eigenvalue weighted by Gasteiger charge is 2.36. The number of nitrogens with one attached hydrogen (secondary N) is 1. The summed E-state index contributed by atoms with van der Waals surface area (Å²) in [4.78, 5) is 34.3. The fourth-order valence-electron chi connectivity index (χ4n) is 2.40. The van der Waals surface area contributed by atoms with Crippen LogP contribution in [0.4, 0.5) is 4.79 Å². The average Bonchev–Trinajstić information content (AvgIpc) is 3.16. The third kappa shape index (κ3) is 4.81. The SMILES string of the molecule is CC(C)c1nc(CN(C)C(=O)NC(C)(Cc2cn(C)cn2)C(=O)O)cs1. The molecule has 0 aliphatic carbocycles. The molecule has 0 fully saturated rings. The van der Waals surface area contributed by atoms with E-state index >= 15 is 0 Å². The summed E-state index contributed by atoms with van der Waals surface area (Å²) in [5.74, 6) is -0.776. The Kier molecular flexibility index (Phi) is 6.01. The van der Waals surface area contributed by atoms with Crippen LogP contribution in [0, 0.1) is 0 Å². The van der Waals surface area contributed by atoms with Crippen molar-refractivity contribution in [2.75, 3.05) is 7.05 Å². The number of hydrogen-bond donors (Lipinski definition) is 2. The fraction of sp³-hybridized carbons (Fsp3) is 0.529. The predicted molar refractivity (Wildman–Crippen MR) is 99.2 cm³/mol. The zero-order valence-corrected chi connectivity index (χ0v) is 16.5. The molecule has 0 aliphatic rings. The number of carbonyl (C=O) groups excluding carboxylic acids is 1. The van der Waals surface area contributed by atoms with E-state index in [1.54, 1.807) is 42.5 Å². The Morgan fingerprint density at radius 2 is 2.12 bits per heavy atom. The Hall–Kier alpha value is -2.42. The molecule has 142 valence electrons. The molecule has 9 heteroatoms. The van der Waals surface area contributed by atoms with Gasteiger partial charge in [0.05, 0.1) is 29.3 Å². The van der Waals surface area contributed by atoms with Crippen molar-refractivity contribution in [2.24, 2.45) is 7.05 Å². The van der Waals surface area contributed by atoms with Crippen molar-refractivity contribution in [1.82, 2.24) is 24.8 Å². The molecule has 0 saturated heterocycles. The van der Waals surface area contributed by atoms with Crippen molar-refractivity contribution in [1.29, 1.82) is 0 Å². The van der Waals surface area contributed by atoms with Crippen LogP contribution in [0.5, 0.6) is 0 Å². The summed E-state index contributed by atoms with van der Waals surface area (Å²) in [7, 11) is 3.42. The monoisotopic (exact) mass is 379 g/mol. The molecule has 0 radical (unpaired) electrons. The van der Waals surface area contributed by atoms with Crippen LogP contribution in [0.1, 0.15) is 43.1 Å². The smallest absolute Gasteiger partial charge is 0.329 e. The van der Waals surface area contributed by atoms with Crippen molar-refractivity contribution in [2.45, 2.75) is 45.2 Å². The second kappa shape index (κ2) is 7.86. The van der Waals surface area contributed by atoms with Crippen molar-refractivity contribution in [3.8, 4) is 0 Å². The minimum atomic E-state index is -1.45. The van der Waals surface area contributed by atoms with E-state index in [0.717, 1.165) is 10.7 Å². The molecule has 0 aliphatic heterocycles. The number of carboxylic acids is 1. The molecule has 1 unspecified atom stereocenters. The molecule has 26 heavy (non-hydrogen) atoms. The number of aryl methyl sites for hydroxylation is 1. The maximum absolute atomic E-state index is 12.5. The molecule has 8 nitrogen and oxygen atoms in total. The topological polar surface area (TPSA) is 100 Å². The number of aliphatic carboxylic acids is 1. The maximum atomic E-state index is 12.5. The lowest BCUT2D eigenvalue weighted by molar-refractivity contribution is -0.143. The number of aromatic nitrogens is 3. The Morgan fingerprint density at radius 1 is 1.42 bits per heavy atom. The Balaban J connectivity index is 2.04. The van der Waals surface area contributed by atoms with Gasteiger partial charge in [-0.15, -0.1) is 11.3 Å².